The minimum atomic E-state index is -0.257. The van der Waals surface area contributed by atoms with Crippen molar-refractivity contribution in [1.29, 1.82) is 0 Å². The quantitative estimate of drug-likeness (QED) is 0.675. The molecule has 0 saturated heterocycles. The zero-order valence-electron chi connectivity index (χ0n) is 4.43. The van der Waals surface area contributed by atoms with Crippen LogP contribution in [0.2, 0.25) is 0 Å². The van der Waals surface area contributed by atoms with Gasteiger partial charge in [-0.05, 0) is 0 Å². The van der Waals surface area contributed by atoms with Crippen molar-refractivity contribution in [3.05, 3.63) is 0 Å². The zero-order chi connectivity index (χ0) is 6.83. The average molecular weight is 200 g/mol. The first-order valence-corrected chi connectivity index (χ1v) is 3.25. The first-order chi connectivity index (χ1) is 3.83. The van der Waals surface area contributed by atoms with Gasteiger partial charge in [-0.15, -0.1) is 0 Å². The molecular weight excluding hydrogens is 194 g/mol. The second-order valence-electron chi connectivity index (χ2n) is 0.498. The Morgan fingerprint density at radius 1 is 1.12 bits per heavy atom. The summed E-state index contributed by atoms with van der Waals surface area (Å²) in [5, 5.41) is 0. The Labute approximate surface area is 66.3 Å². The third-order valence-corrected chi connectivity index (χ3v) is 0.615. The van der Waals surface area contributed by atoms with Gasteiger partial charge in [0.2, 0.25) is 0 Å². The van der Waals surface area contributed by atoms with Gasteiger partial charge in [-0.2, -0.15) is 3.84 Å². The number of halogens is 2. The minimum Gasteiger partial charge on any atom is -0.166 e. The SMILES string of the molecule is C[O][V][O]C.ClOCl. The summed E-state index contributed by atoms with van der Waals surface area (Å²) in [5.74, 6) is 0. The largest absolute Gasteiger partial charge is 0.166 e. The molecule has 0 aromatic rings. The Kier molecular flexibility index (Phi) is 23.1. The van der Waals surface area contributed by atoms with Gasteiger partial charge >= 0.3 is 38.5 Å². The van der Waals surface area contributed by atoms with Crippen LogP contribution in [0.5, 0.6) is 0 Å². The van der Waals surface area contributed by atoms with Crippen molar-refractivity contribution < 1.29 is 28.2 Å². The topological polar surface area (TPSA) is 27.7 Å². The van der Waals surface area contributed by atoms with Crippen molar-refractivity contribution in [2.24, 2.45) is 0 Å². The molecule has 0 radical (unpaired) electrons. The summed E-state index contributed by atoms with van der Waals surface area (Å²) >= 11 is 8.27. The van der Waals surface area contributed by atoms with Gasteiger partial charge < -0.3 is 0 Å². The summed E-state index contributed by atoms with van der Waals surface area (Å²) in [5.41, 5.74) is 0. The molecular formula is C2H6Cl2O3V. The van der Waals surface area contributed by atoms with E-state index >= 15 is 0 Å². The maximum absolute atomic E-state index is 4.56. The van der Waals surface area contributed by atoms with E-state index in [1.165, 1.54) is 0 Å². The van der Waals surface area contributed by atoms with Crippen molar-refractivity contribution >= 4 is 23.7 Å². The Morgan fingerprint density at radius 3 is 1.38 bits per heavy atom. The van der Waals surface area contributed by atoms with Crippen LogP contribution in [0.4, 0.5) is 0 Å². The molecule has 3 nitrogen and oxygen atoms in total. The van der Waals surface area contributed by atoms with Crippen LogP contribution < -0.4 is 0 Å². The molecule has 51 valence electrons. The van der Waals surface area contributed by atoms with Crippen LogP contribution in [-0.2, 0) is 28.2 Å². The van der Waals surface area contributed by atoms with Gasteiger partial charge in [0.05, 0.1) is 23.7 Å². The van der Waals surface area contributed by atoms with Crippen LogP contribution in [0.1, 0.15) is 0 Å². The number of rotatable bonds is 2. The van der Waals surface area contributed by atoms with E-state index in [4.69, 9.17) is 0 Å². The van der Waals surface area contributed by atoms with Gasteiger partial charge in [-0.1, -0.05) is 0 Å². The van der Waals surface area contributed by atoms with Crippen LogP contribution in [0.25, 0.3) is 0 Å². The van der Waals surface area contributed by atoms with E-state index in [1.54, 1.807) is 14.2 Å². The molecule has 0 unspecified atom stereocenters. The zero-order valence-corrected chi connectivity index (χ0v) is 7.34. The molecule has 6 heteroatoms. The van der Waals surface area contributed by atoms with Gasteiger partial charge in [0, 0.05) is 0 Å². The van der Waals surface area contributed by atoms with Crippen molar-refractivity contribution in [3.63, 3.8) is 0 Å². The third-order valence-electron chi connectivity index (χ3n) is 0.149. The fourth-order valence-electron chi connectivity index (χ4n) is 0.0745. The predicted molar refractivity (Wildman–Crippen MR) is 26.8 cm³/mol. The van der Waals surface area contributed by atoms with Gasteiger partial charge in [0.15, 0.2) is 0 Å². The molecule has 0 fully saturated rings. The third kappa shape index (κ3) is 27.8. The fourth-order valence-corrected chi connectivity index (χ4v) is 0.307. The summed E-state index contributed by atoms with van der Waals surface area (Å²) in [6, 6.07) is 0. The van der Waals surface area contributed by atoms with Crippen molar-refractivity contribution in [3.8, 4) is 0 Å². The Balaban J connectivity index is 0. The fraction of sp³-hybridized carbons (Fsp3) is 1.00. The van der Waals surface area contributed by atoms with E-state index in [-0.39, 0.29) is 17.0 Å². The number of hydrogen-bond acceptors (Lipinski definition) is 3. The monoisotopic (exact) mass is 199 g/mol. The summed E-state index contributed by atoms with van der Waals surface area (Å²) < 4.78 is 12.3. The molecule has 0 spiro atoms. The van der Waals surface area contributed by atoms with Crippen molar-refractivity contribution in [2.75, 3.05) is 14.2 Å². The average Bonchev–Trinajstić information content (AvgIpc) is 1.71. The smallest absolute Gasteiger partial charge is 0.0832 e. The molecule has 0 saturated carbocycles. The molecule has 0 aromatic carbocycles. The Bertz CT molecular complexity index is 29.2. The van der Waals surface area contributed by atoms with E-state index in [1.807, 2.05) is 0 Å². The first kappa shape index (κ1) is 11.8. The number of hydrogen-bond donors (Lipinski definition) is 0. The molecule has 0 atom stereocenters. The molecule has 0 aliphatic heterocycles. The molecule has 0 heterocycles. The summed E-state index contributed by atoms with van der Waals surface area (Å²) in [7, 11) is 3.26. The summed E-state index contributed by atoms with van der Waals surface area (Å²) in [4.78, 5) is 0. The van der Waals surface area contributed by atoms with Crippen molar-refractivity contribution in [2.45, 2.75) is 0 Å². The van der Waals surface area contributed by atoms with E-state index in [0.717, 1.165) is 0 Å². The molecule has 0 bridgehead atoms. The van der Waals surface area contributed by atoms with Gasteiger partial charge in [-0.3, -0.25) is 0 Å². The van der Waals surface area contributed by atoms with Crippen LogP contribution in [0.3, 0.4) is 0 Å². The summed E-state index contributed by atoms with van der Waals surface area (Å²) in [6.07, 6.45) is 0. The van der Waals surface area contributed by atoms with Gasteiger partial charge in [0.25, 0.3) is 0 Å². The van der Waals surface area contributed by atoms with Crippen LogP contribution >= 0.6 is 23.7 Å². The van der Waals surface area contributed by atoms with E-state index < -0.39 is 0 Å². The molecule has 0 rings (SSSR count). The van der Waals surface area contributed by atoms with Crippen molar-refractivity contribution in [1.82, 2.24) is 0 Å². The van der Waals surface area contributed by atoms with Crippen LogP contribution in [-0.4, -0.2) is 14.2 Å². The molecule has 0 aliphatic carbocycles. The normalized spacial score (nSPS) is 7.00. The van der Waals surface area contributed by atoms with Crippen LogP contribution in [0.15, 0.2) is 0 Å². The summed E-state index contributed by atoms with van der Waals surface area (Å²) in [6.45, 7) is 0. The van der Waals surface area contributed by atoms with Gasteiger partial charge in [-0.25, -0.2) is 0 Å². The molecule has 0 aliphatic rings. The standard InChI is InChI=1S/2CH3O.Cl2O.V/c2*1-2;1-3-2;/h2*1H3;;/q2*-1;;+2. The minimum absolute atomic E-state index is 0.257. The predicted octanol–water partition coefficient (Wildman–Crippen LogP) is 1.50. The van der Waals surface area contributed by atoms with Gasteiger partial charge in [0.1, 0.15) is 0 Å². The second kappa shape index (κ2) is 15.7. The molecule has 0 amide bonds. The Hall–Kier alpha value is 1.04. The maximum atomic E-state index is 4.56. The second-order valence-corrected chi connectivity index (χ2v) is 2.34. The molecule has 8 heavy (non-hydrogen) atoms. The Morgan fingerprint density at radius 2 is 1.38 bits per heavy atom. The maximum Gasteiger partial charge on any atom is 0.0832 e. The van der Waals surface area contributed by atoms with E-state index in [2.05, 4.69) is 34.9 Å². The van der Waals surface area contributed by atoms with Crippen LogP contribution in [0, 0.1) is 0 Å². The van der Waals surface area contributed by atoms with E-state index in [0.29, 0.717) is 0 Å². The first-order valence-electron chi connectivity index (χ1n) is 1.49. The molecule has 0 aromatic heterocycles. The van der Waals surface area contributed by atoms with E-state index in [9.17, 15) is 0 Å². The molecule has 0 N–H and O–H groups in total.